The molecule has 8 heteroatoms. The summed E-state index contributed by atoms with van der Waals surface area (Å²) in [6, 6.07) is 2.25. The Morgan fingerprint density at radius 2 is 2.00 bits per heavy atom. The van der Waals surface area contributed by atoms with E-state index in [1.807, 2.05) is 26.8 Å². The van der Waals surface area contributed by atoms with Crippen LogP contribution in [-0.2, 0) is 4.74 Å². The Morgan fingerprint density at radius 1 is 1.19 bits per heavy atom. The van der Waals surface area contributed by atoms with Crippen molar-refractivity contribution in [2.24, 2.45) is 0 Å². The topological polar surface area (TPSA) is 85.3 Å². The average Bonchev–Trinajstić information content (AvgIpc) is 3.05. The van der Waals surface area contributed by atoms with E-state index in [0.29, 0.717) is 11.7 Å². The first-order valence-electron chi connectivity index (χ1n) is 8.73. The van der Waals surface area contributed by atoms with Gasteiger partial charge in [-0.05, 0) is 27.2 Å². The molecule has 8 nitrogen and oxygen atoms in total. The van der Waals surface area contributed by atoms with Crippen molar-refractivity contribution in [2.75, 3.05) is 37.5 Å². The van der Waals surface area contributed by atoms with E-state index in [0.717, 1.165) is 42.4 Å². The average molecular weight is 358 g/mol. The Bertz CT molecular complexity index is 769. The zero-order valence-corrected chi connectivity index (χ0v) is 16.0. The Kier molecular flexibility index (Phi) is 5.51. The Labute approximate surface area is 154 Å². The molecule has 0 aromatic carbocycles. The molecular formula is C18H26N6O2. The SMILES string of the molecule is COc1nc(C)nc(NC[C@@H]2C[C@H](OC)CN2c2cc(C)ncn2)c1C. The van der Waals surface area contributed by atoms with Gasteiger partial charge in [0.05, 0.1) is 24.8 Å². The van der Waals surface area contributed by atoms with E-state index in [-0.39, 0.29) is 12.1 Å². The second-order valence-corrected chi connectivity index (χ2v) is 6.55. The quantitative estimate of drug-likeness (QED) is 0.838. The number of ether oxygens (including phenoxy) is 2. The summed E-state index contributed by atoms with van der Waals surface area (Å²) in [6.07, 6.45) is 2.71. The molecule has 2 atom stereocenters. The van der Waals surface area contributed by atoms with E-state index in [4.69, 9.17) is 9.47 Å². The van der Waals surface area contributed by atoms with Crippen molar-refractivity contribution in [3.05, 3.63) is 29.5 Å². The van der Waals surface area contributed by atoms with E-state index in [1.165, 1.54) is 0 Å². The summed E-state index contributed by atoms with van der Waals surface area (Å²) in [7, 11) is 3.38. The minimum atomic E-state index is 0.180. The van der Waals surface area contributed by atoms with Gasteiger partial charge in [0, 0.05) is 32.0 Å². The van der Waals surface area contributed by atoms with Crippen LogP contribution in [0.4, 0.5) is 11.6 Å². The first-order valence-corrected chi connectivity index (χ1v) is 8.73. The van der Waals surface area contributed by atoms with Gasteiger partial charge in [0.25, 0.3) is 0 Å². The van der Waals surface area contributed by atoms with Gasteiger partial charge in [0.15, 0.2) is 0 Å². The van der Waals surface area contributed by atoms with Crippen LogP contribution in [0.3, 0.4) is 0 Å². The molecule has 3 rings (SSSR count). The maximum absolute atomic E-state index is 5.60. The van der Waals surface area contributed by atoms with Gasteiger partial charge in [-0.2, -0.15) is 4.98 Å². The van der Waals surface area contributed by atoms with Crippen molar-refractivity contribution in [3.8, 4) is 5.88 Å². The summed E-state index contributed by atoms with van der Waals surface area (Å²) in [6.45, 7) is 7.33. The van der Waals surface area contributed by atoms with Gasteiger partial charge < -0.3 is 19.7 Å². The van der Waals surface area contributed by atoms with Gasteiger partial charge >= 0.3 is 0 Å². The third-order valence-corrected chi connectivity index (χ3v) is 4.70. The van der Waals surface area contributed by atoms with Crippen molar-refractivity contribution in [2.45, 2.75) is 39.3 Å². The number of anilines is 2. The van der Waals surface area contributed by atoms with Crippen molar-refractivity contribution in [3.63, 3.8) is 0 Å². The second kappa shape index (κ2) is 7.82. The third kappa shape index (κ3) is 3.85. The van der Waals surface area contributed by atoms with E-state index in [2.05, 4.69) is 30.2 Å². The largest absolute Gasteiger partial charge is 0.481 e. The first-order chi connectivity index (χ1) is 12.5. The summed E-state index contributed by atoms with van der Waals surface area (Å²) in [5.74, 6) is 3.01. The van der Waals surface area contributed by atoms with E-state index < -0.39 is 0 Å². The van der Waals surface area contributed by atoms with E-state index in [1.54, 1.807) is 20.5 Å². The molecule has 2 aromatic heterocycles. The highest BCUT2D eigenvalue weighted by molar-refractivity contribution is 5.50. The zero-order valence-electron chi connectivity index (χ0n) is 16.0. The van der Waals surface area contributed by atoms with E-state index in [9.17, 15) is 0 Å². The van der Waals surface area contributed by atoms with Crippen LogP contribution in [0.5, 0.6) is 5.88 Å². The summed E-state index contributed by atoms with van der Waals surface area (Å²) in [5.41, 5.74) is 1.86. The maximum Gasteiger partial charge on any atom is 0.221 e. The lowest BCUT2D eigenvalue weighted by atomic mass is 10.2. The molecule has 1 aliphatic rings. The Morgan fingerprint density at radius 3 is 2.69 bits per heavy atom. The van der Waals surface area contributed by atoms with Crippen LogP contribution < -0.4 is 15.0 Å². The Hall–Kier alpha value is -2.48. The number of hydrogen-bond donors (Lipinski definition) is 1. The first kappa shape index (κ1) is 18.3. The number of rotatable bonds is 6. The molecule has 26 heavy (non-hydrogen) atoms. The summed E-state index contributed by atoms with van der Waals surface area (Å²) < 4.78 is 10.9. The zero-order chi connectivity index (χ0) is 18.7. The molecule has 0 radical (unpaired) electrons. The van der Waals surface area contributed by atoms with Crippen LogP contribution in [0, 0.1) is 20.8 Å². The lowest BCUT2D eigenvalue weighted by Gasteiger charge is -2.26. The molecule has 0 unspecified atom stereocenters. The van der Waals surface area contributed by atoms with Crippen LogP contribution in [0.1, 0.15) is 23.5 Å². The molecule has 1 aliphatic heterocycles. The molecule has 140 valence electrons. The molecule has 0 amide bonds. The number of nitrogens with one attached hydrogen (secondary N) is 1. The maximum atomic E-state index is 5.60. The number of nitrogens with zero attached hydrogens (tertiary/aromatic N) is 5. The predicted molar refractivity (Wildman–Crippen MR) is 99.9 cm³/mol. The lowest BCUT2D eigenvalue weighted by molar-refractivity contribution is 0.118. The van der Waals surface area contributed by atoms with Crippen LogP contribution in [0.15, 0.2) is 12.4 Å². The molecule has 0 saturated carbocycles. The number of aromatic nitrogens is 4. The van der Waals surface area contributed by atoms with Crippen LogP contribution in [-0.4, -0.2) is 59.4 Å². The minimum absolute atomic E-state index is 0.180. The normalized spacial score (nSPS) is 19.7. The van der Waals surface area contributed by atoms with E-state index >= 15 is 0 Å². The van der Waals surface area contributed by atoms with Gasteiger partial charge in [0.1, 0.15) is 23.8 Å². The van der Waals surface area contributed by atoms with Crippen molar-refractivity contribution in [1.29, 1.82) is 0 Å². The number of methoxy groups -OCH3 is 2. The molecule has 0 aliphatic carbocycles. The molecule has 0 spiro atoms. The Balaban J connectivity index is 1.78. The fourth-order valence-corrected chi connectivity index (χ4v) is 3.30. The molecule has 2 aromatic rings. The minimum Gasteiger partial charge on any atom is -0.481 e. The molecule has 1 fully saturated rings. The van der Waals surface area contributed by atoms with Gasteiger partial charge in [-0.25, -0.2) is 15.0 Å². The number of hydrogen-bond acceptors (Lipinski definition) is 8. The molecule has 1 N–H and O–H groups in total. The molecule has 0 bridgehead atoms. The fourth-order valence-electron chi connectivity index (χ4n) is 3.30. The third-order valence-electron chi connectivity index (χ3n) is 4.70. The second-order valence-electron chi connectivity index (χ2n) is 6.55. The standard InChI is InChI=1S/C18H26N6O2/c1-11-6-16(21-10-20-11)24-9-15(25-4)7-14(24)8-19-17-12(2)18(26-5)23-13(3)22-17/h6,10,14-15H,7-9H2,1-5H3,(H,19,22,23)/t14-,15-/m0/s1. The van der Waals surface area contributed by atoms with Crippen molar-refractivity contribution < 1.29 is 9.47 Å². The molecule has 3 heterocycles. The lowest BCUT2D eigenvalue weighted by Crippen LogP contribution is -2.36. The highest BCUT2D eigenvalue weighted by atomic mass is 16.5. The highest BCUT2D eigenvalue weighted by Gasteiger charge is 2.33. The summed E-state index contributed by atoms with van der Waals surface area (Å²) >= 11 is 0. The van der Waals surface area contributed by atoms with Crippen LogP contribution >= 0.6 is 0 Å². The monoisotopic (exact) mass is 358 g/mol. The van der Waals surface area contributed by atoms with Crippen LogP contribution in [0.25, 0.3) is 0 Å². The molecular weight excluding hydrogens is 332 g/mol. The van der Waals surface area contributed by atoms with Crippen molar-refractivity contribution in [1.82, 2.24) is 19.9 Å². The van der Waals surface area contributed by atoms with Crippen molar-refractivity contribution >= 4 is 11.6 Å². The highest BCUT2D eigenvalue weighted by Crippen LogP contribution is 2.27. The number of aryl methyl sites for hydroxylation is 2. The van der Waals surface area contributed by atoms with Gasteiger partial charge in [-0.15, -0.1) is 0 Å². The smallest absolute Gasteiger partial charge is 0.221 e. The van der Waals surface area contributed by atoms with Gasteiger partial charge in [-0.1, -0.05) is 0 Å². The summed E-state index contributed by atoms with van der Waals surface area (Å²) in [5, 5.41) is 3.46. The predicted octanol–water partition coefficient (Wildman–Crippen LogP) is 1.91. The molecule has 1 saturated heterocycles. The van der Waals surface area contributed by atoms with Gasteiger partial charge in [-0.3, -0.25) is 0 Å². The summed E-state index contributed by atoms with van der Waals surface area (Å²) in [4.78, 5) is 19.7. The van der Waals surface area contributed by atoms with Gasteiger partial charge in [0.2, 0.25) is 5.88 Å². The fraction of sp³-hybridized carbons (Fsp3) is 0.556. The van der Waals surface area contributed by atoms with Crippen LogP contribution in [0.2, 0.25) is 0 Å².